The van der Waals surface area contributed by atoms with Gasteiger partial charge in [0.15, 0.2) is 0 Å². The van der Waals surface area contributed by atoms with Crippen LogP contribution in [0.3, 0.4) is 0 Å². The molecule has 7 nitrogen and oxygen atoms in total. The third-order valence-corrected chi connectivity index (χ3v) is 5.07. The van der Waals surface area contributed by atoms with Crippen molar-refractivity contribution < 1.29 is 4.74 Å². The van der Waals surface area contributed by atoms with E-state index in [1.807, 2.05) is 61.5 Å². The molecule has 4 aromatic rings. The quantitative estimate of drug-likeness (QED) is 0.525. The van der Waals surface area contributed by atoms with Gasteiger partial charge in [-0.3, -0.25) is 9.89 Å². The molecule has 0 aliphatic rings. The lowest BCUT2D eigenvalue weighted by Crippen LogP contribution is -2.17. The Hall–Kier alpha value is -3.52. The summed E-state index contributed by atoms with van der Waals surface area (Å²) >= 11 is 1.35. The second-order valence-corrected chi connectivity index (χ2v) is 6.96. The molecule has 4 rings (SSSR count). The lowest BCUT2D eigenvalue weighted by molar-refractivity contribution is 0.415. The maximum absolute atomic E-state index is 12.7. The van der Waals surface area contributed by atoms with Crippen molar-refractivity contribution >= 4 is 22.7 Å². The molecule has 0 amide bonds. The first-order valence-electron chi connectivity index (χ1n) is 8.55. The van der Waals surface area contributed by atoms with Crippen LogP contribution in [0.5, 0.6) is 5.75 Å². The summed E-state index contributed by atoms with van der Waals surface area (Å²) in [7, 11) is 1.63. The van der Waals surface area contributed by atoms with E-state index >= 15 is 0 Å². The Balaban J connectivity index is 1.59. The minimum atomic E-state index is -0.160. The van der Waals surface area contributed by atoms with Crippen LogP contribution in [0.4, 0.5) is 5.13 Å². The minimum absolute atomic E-state index is 0.160. The van der Waals surface area contributed by atoms with Crippen molar-refractivity contribution in [2.24, 2.45) is 4.99 Å². The predicted octanol–water partition coefficient (Wildman–Crippen LogP) is 3.75. The van der Waals surface area contributed by atoms with Crippen LogP contribution in [0.25, 0.3) is 16.3 Å². The molecule has 0 fully saturated rings. The van der Waals surface area contributed by atoms with Crippen molar-refractivity contribution in [1.82, 2.24) is 20.0 Å². The average Bonchev–Trinajstić information content (AvgIpc) is 3.32. The third-order valence-electron chi connectivity index (χ3n) is 4.19. The first-order chi connectivity index (χ1) is 13.7. The van der Waals surface area contributed by atoms with Gasteiger partial charge in [0.1, 0.15) is 10.8 Å². The topological polar surface area (TPSA) is 85.2 Å². The lowest BCUT2D eigenvalue weighted by atomic mass is 10.2. The molecule has 2 heterocycles. The van der Waals surface area contributed by atoms with Crippen molar-refractivity contribution in [1.29, 1.82) is 0 Å². The molecule has 0 unspecified atom stereocenters. The van der Waals surface area contributed by atoms with Crippen LogP contribution < -0.4 is 10.3 Å². The predicted molar refractivity (Wildman–Crippen MR) is 110 cm³/mol. The van der Waals surface area contributed by atoms with E-state index in [4.69, 9.17) is 4.74 Å². The average molecular weight is 391 g/mol. The molecule has 0 bridgehead atoms. The number of aryl methyl sites for hydroxylation is 1. The normalized spacial score (nSPS) is 11.2. The highest BCUT2D eigenvalue weighted by molar-refractivity contribution is 7.18. The Morgan fingerprint density at radius 1 is 1.11 bits per heavy atom. The van der Waals surface area contributed by atoms with Crippen LogP contribution >= 0.6 is 11.3 Å². The van der Waals surface area contributed by atoms with Crippen LogP contribution in [0.2, 0.25) is 0 Å². The van der Waals surface area contributed by atoms with E-state index in [9.17, 15) is 4.79 Å². The van der Waals surface area contributed by atoms with Crippen LogP contribution in [0, 0.1) is 6.92 Å². The molecule has 1 N–H and O–H groups in total. The fourth-order valence-corrected chi connectivity index (χ4v) is 3.40. The Morgan fingerprint density at radius 2 is 1.86 bits per heavy atom. The Kier molecular flexibility index (Phi) is 4.86. The van der Waals surface area contributed by atoms with Gasteiger partial charge >= 0.3 is 0 Å². The summed E-state index contributed by atoms with van der Waals surface area (Å²) in [5.74, 6) is 0.782. The first kappa shape index (κ1) is 17.9. The number of H-pyrrole nitrogens is 1. The number of nitrogens with zero attached hydrogens (tertiary/aromatic N) is 4. The van der Waals surface area contributed by atoms with Crippen LogP contribution in [-0.4, -0.2) is 33.3 Å². The number of benzene rings is 2. The zero-order valence-corrected chi connectivity index (χ0v) is 16.1. The molecular weight excluding hydrogens is 374 g/mol. The van der Waals surface area contributed by atoms with Gasteiger partial charge in [-0.2, -0.15) is 0 Å². The highest BCUT2D eigenvalue weighted by Crippen LogP contribution is 2.29. The van der Waals surface area contributed by atoms with Crippen molar-refractivity contribution in [3.63, 3.8) is 0 Å². The number of hydrogen-bond acceptors (Lipinski definition) is 6. The fourth-order valence-electron chi connectivity index (χ4n) is 2.71. The summed E-state index contributed by atoms with van der Waals surface area (Å²) in [4.78, 5) is 17.0. The van der Waals surface area contributed by atoms with Crippen molar-refractivity contribution in [2.75, 3.05) is 7.11 Å². The number of methoxy groups -OCH3 is 1. The van der Waals surface area contributed by atoms with Gasteiger partial charge in [0.05, 0.1) is 18.4 Å². The Labute approximate surface area is 165 Å². The number of aromatic amines is 1. The summed E-state index contributed by atoms with van der Waals surface area (Å²) in [5, 5.41) is 12.6. The smallest absolute Gasteiger partial charge is 0.280 e. The van der Waals surface area contributed by atoms with Gasteiger partial charge in [-0.15, -0.1) is 10.2 Å². The van der Waals surface area contributed by atoms with Gasteiger partial charge in [-0.1, -0.05) is 29.5 Å². The standard InChI is InChI=1S/C20H17N5O2S/c1-13-17(19(26)25(24-13)15-6-4-3-5-7-15)12-21-20-23-22-18(28-20)14-8-10-16(27-2)11-9-14/h3-12,24H,1-2H3. The number of aliphatic imine (C=N–C) groups is 1. The molecule has 0 atom stereocenters. The van der Waals surface area contributed by atoms with Crippen LogP contribution in [0.1, 0.15) is 11.3 Å². The summed E-state index contributed by atoms with van der Waals surface area (Å²) in [5.41, 5.74) is 2.77. The van der Waals surface area contributed by atoms with E-state index < -0.39 is 0 Å². The Morgan fingerprint density at radius 3 is 2.57 bits per heavy atom. The molecule has 2 aromatic heterocycles. The molecule has 0 radical (unpaired) electrons. The van der Waals surface area contributed by atoms with Gasteiger partial charge in [0.2, 0.25) is 5.13 Å². The number of rotatable bonds is 5. The van der Waals surface area contributed by atoms with E-state index in [1.54, 1.807) is 7.11 Å². The van der Waals surface area contributed by atoms with E-state index in [-0.39, 0.29) is 5.56 Å². The minimum Gasteiger partial charge on any atom is -0.497 e. The zero-order valence-electron chi connectivity index (χ0n) is 15.3. The van der Waals surface area contributed by atoms with E-state index in [1.165, 1.54) is 22.2 Å². The summed E-state index contributed by atoms with van der Waals surface area (Å²) in [6, 6.07) is 17.0. The SMILES string of the molecule is COc1ccc(-c2nnc(N=Cc3c(C)[nH]n(-c4ccccc4)c3=O)s2)cc1. The van der Waals surface area contributed by atoms with Gasteiger partial charge < -0.3 is 4.74 Å². The van der Waals surface area contributed by atoms with Crippen molar-refractivity contribution in [3.8, 4) is 22.0 Å². The molecular formula is C20H17N5O2S. The summed E-state index contributed by atoms with van der Waals surface area (Å²) < 4.78 is 6.66. The maximum atomic E-state index is 12.7. The van der Waals surface area contributed by atoms with Gasteiger partial charge in [-0.25, -0.2) is 9.67 Å². The largest absolute Gasteiger partial charge is 0.497 e. The molecule has 28 heavy (non-hydrogen) atoms. The van der Waals surface area contributed by atoms with E-state index in [0.29, 0.717) is 10.7 Å². The second-order valence-electron chi connectivity index (χ2n) is 6.00. The number of para-hydroxylation sites is 1. The van der Waals surface area contributed by atoms with Gasteiger partial charge in [0.25, 0.3) is 5.56 Å². The third kappa shape index (κ3) is 3.49. The highest BCUT2D eigenvalue weighted by atomic mass is 32.1. The van der Waals surface area contributed by atoms with Crippen LogP contribution in [0.15, 0.2) is 64.4 Å². The lowest BCUT2D eigenvalue weighted by Gasteiger charge is -1.99. The Bertz CT molecular complexity index is 1170. The number of hydrogen-bond donors (Lipinski definition) is 1. The van der Waals surface area contributed by atoms with Crippen molar-refractivity contribution in [2.45, 2.75) is 6.92 Å². The zero-order chi connectivity index (χ0) is 19.5. The molecule has 140 valence electrons. The van der Waals surface area contributed by atoms with Gasteiger partial charge in [0, 0.05) is 17.5 Å². The molecule has 0 saturated heterocycles. The summed E-state index contributed by atoms with van der Waals surface area (Å²) in [6.45, 7) is 1.84. The fraction of sp³-hybridized carbons (Fsp3) is 0.100. The molecule has 0 saturated carbocycles. The second kappa shape index (κ2) is 7.61. The molecule has 8 heteroatoms. The number of nitrogens with one attached hydrogen (secondary N) is 1. The highest BCUT2D eigenvalue weighted by Gasteiger charge is 2.11. The molecule has 0 aliphatic carbocycles. The molecule has 0 spiro atoms. The number of aromatic nitrogens is 4. The molecule has 0 aliphatic heterocycles. The van der Waals surface area contributed by atoms with E-state index in [2.05, 4.69) is 20.3 Å². The first-order valence-corrected chi connectivity index (χ1v) is 9.36. The maximum Gasteiger partial charge on any atom is 0.280 e. The van der Waals surface area contributed by atoms with Crippen LogP contribution in [-0.2, 0) is 0 Å². The summed E-state index contributed by atoms with van der Waals surface area (Å²) in [6.07, 6.45) is 1.53. The van der Waals surface area contributed by atoms with E-state index in [0.717, 1.165) is 27.7 Å². The molecule has 2 aromatic carbocycles. The monoisotopic (exact) mass is 391 g/mol. The van der Waals surface area contributed by atoms with Gasteiger partial charge in [-0.05, 0) is 43.3 Å². The number of ether oxygens (including phenoxy) is 1. The van der Waals surface area contributed by atoms with Crippen molar-refractivity contribution in [3.05, 3.63) is 76.2 Å².